The van der Waals surface area contributed by atoms with E-state index in [-0.39, 0.29) is 11.6 Å². The SMILES string of the molecule is CCC1CCCC(C(O)C(C)(CC)N2CCCC2)C1. The van der Waals surface area contributed by atoms with E-state index in [1.54, 1.807) is 0 Å². The van der Waals surface area contributed by atoms with Gasteiger partial charge in [-0.1, -0.05) is 33.1 Å². The van der Waals surface area contributed by atoms with Gasteiger partial charge in [-0.05, 0) is 64.0 Å². The van der Waals surface area contributed by atoms with E-state index >= 15 is 0 Å². The maximum Gasteiger partial charge on any atom is 0.0749 e. The summed E-state index contributed by atoms with van der Waals surface area (Å²) >= 11 is 0. The third kappa shape index (κ3) is 3.16. The average Bonchev–Trinajstić information content (AvgIpc) is 3.00. The predicted octanol–water partition coefficient (Wildman–Crippen LogP) is 3.83. The Morgan fingerprint density at radius 3 is 2.42 bits per heavy atom. The van der Waals surface area contributed by atoms with E-state index in [9.17, 15) is 5.11 Å². The first-order valence-electron chi connectivity index (χ1n) is 8.55. The van der Waals surface area contributed by atoms with E-state index in [0.29, 0.717) is 5.92 Å². The molecule has 0 amide bonds. The Bertz CT molecular complexity index is 274. The molecule has 19 heavy (non-hydrogen) atoms. The Labute approximate surface area is 119 Å². The Hall–Kier alpha value is -0.0800. The largest absolute Gasteiger partial charge is 0.391 e. The zero-order valence-corrected chi connectivity index (χ0v) is 13.2. The minimum atomic E-state index is -0.134. The van der Waals surface area contributed by atoms with E-state index in [1.165, 1.54) is 58.0 Å². The molecule has 2 fully saturated rings. The van der Waals surface area contributed by atoms with Crippen molar-refractivity contribution in [1.82, 2.24) is 4.90 Å². The first-order chi connectivity index (χ1) is 9.11. The van der Waals surface area contributed by atoms with Crippen molar-refractivity contribution in [2.75, 3.05) is 13.1 Å². The van der Waals surface area contributed by atoms with Gasteiger partial charge in [0.2, 0.25) is 0 Å². The van der Waals surface area contributed by atoms with Crippen molar-refractivity contribution in [3.8, 4) is 0 Å². The summed E-state index contributed by atoms with van der Waals surface area (Å²) in [6, 6.07) is 0. The molecule has 2 heteroatoms. The molecule has 2 aliphatic rings. The number of hydrogen-bond acceptors (Lipinski definition) is 2. The lowest BCUT2D eigenvalue weighted by Gasteiger charge is -2.46. The quantitative estimate of drug-likeness (QED) is 0.818. The van der Waals surface area contributed by atoms with Crippen molar-refractivity contribution in [1.29, 1.82) is 0 Å². The van der Waals surface area contributed by atoms with Gasteiger partial charge in [-0.25, -0.2) is 0 Å². The highest BCUT2D eigenvalue weighted by molar-refractivity contribution is 4.97. The molecule has 0 bridgehead atoms. The van der Waals surface area contributed by atoms with Gasteiger partial charge in [0.25, 0.3) is 0 Å². The van der Waals surface area contributed by atoms with Crippen LogP contribution in [-0.4, -0.2) is 34.7 Å². The lowest BCUT2D eigenvalue weighted by Crippen LogP contribution is -2.56. The van der Waals surface area contributed by atoms with Crippen molar-refractivity contribution in [3.63, 3.8) is 0 Å². The number of aliphatic hydroxyl groups is 1. The van der Waals surface area contributed by atoms with Crippen LogP contribution < -0.4 is 0 Å². The van der Waals surface area contributed by atoms with Crippen LogP contribution in [0.25, 0.3) is 0 Å². The Morgan fingerprint density at radius 2 is 1.84 bits per heavy atom. The lowest BCUT2D eigenvalue weighted by molar-refractivity contribution is -0.0589. The molecule has 0 spiro atoms. The van der Waals surface area contributed by atoms with Gasteiger partial charge in [-0.3, -0.25) is 4.90 Å². The molecule has 1 N–H and O–H groups in total. The molecule has 0 aromatic rings. The molecule has 2 rings (SSSR count). The second-order valence-corrected chi connectivity index (χ2v) is 7.05. The van der Waals surface area contributed by atoms with Crippen LogP contribution in [-0.2, 0) is 0 Å². The molecule has 2 nitrogen and oxygen atoms in total. The van der Waals surface area contributed by atoms with Gasteiger partial charge in [0, 0.05) is 5.54 Å². The molecule has 1 aliphatic carbocycles. The molecule has 112 valence electrons. The van der Waals surface area contributed by atoms with Gasteiger partial charge in [-0.15, -0.1) is 0 Å². The topological polar surface area (TPSA) is 23.5 Å². The van der Waals surface area contributed by atoms with Crippen LogP contribution in [0.5, 0.6) is 0 Å². The van der Waals surface area contributed by atoms with Crippen molar-refractivity contribution < 1.29 is 5.11 Å². The van der Waals surface area contributed by atoms with Gasteiger partial charge < -0.3 is 5.11 Å². The van der Waals surface area contributed by atoms with Crippen LogP contribution in [0.2, 0.25) is 0 Å². The number of likely N-dealkylation sites (tertiary alicyclic amines) is 1. The Kier molecular flexibility index (Phi) is 5.30. The van der Waals surface area contributed by atoms with E-state index in [2.05, 4.69) is 25.7 Å². The summed E-state index contributed by atoms with van der Waals surface area (Å²) in [5.41, 5.74) is 0.0107. The highest BCUT2D eigenvalue weighted by Gasteiger charge is 2.43. The van der Waals surface area contributed by atoms with Crippen LogP contribution in [0.15, 0.2) is 0 Å². The molecule has 4 unspecified atom stereocenters. The van der Waals surface area contributed by atoms with Crippen molar-refractivity contribution in [2.45, 2.75) is 83.8 Å². The van der Waals surface area contributed by atoms with E-state index < -0.39 is 0 Å². The highest BCUT2D eigenvalue weighted by atomic mass is 16.3. The molecule has 0 aromatic carbocycles. The molecule has 0 aromatic heterocycles. The second kappa shape index (κ2) is 6.58. The molecule has 1 saturated carbocycles. The maximum absolute atomic E-state index is 11.0. The third-order valence-electron chi connectivity index (χ3n) is 6.03. The summed E-state index contributed by atoms with van der Waals surface area (Å²) in [5.74, 6) is 1.39. The maximum atomic E-state index is 11.0. The van der Waals surface area contributed by atoms with E-state index in [4.69, 9.17) is 0 Å². The molecule has 1 aliphatic heterocycles. The summed E-state index contributed by atoms with van der Waals surface area (Å²) in [6.45, 7) is 9.23. The number of nitrogens with zero attached hydrogens (tertiary/aromatic N) is 1. The fourth-order valence-electron chi connectivity index (χ4n) is 4.35. The van der Waals surface area contributed by atoms with Crippen molar-refractivity contribution >= 4 is 0 Å². The number of rotatable bonds is 5. The van der Waals surface area contributed by atoms with Crippen molar-refractivity contribution in [3.05, 3.63) is 0 Å². The molecule has 4 atom stereocenters. The minimum absolute atomic E-state index is 0.0107. The predicted molar refractivity (Wildman–Crippen MR) is 81.2 cm³/mol. The van der Waals surface area contributed by atoms with E-state index in [1.807, 2.05) is 0 Å². The van der Waals surface area contributed by atoms with Crippen LogP contribution in [0.4, 0.5) is 0 Å². The van der Waals surface area contributed by atoms with Crippen LogP contribution in [0.3, 0.4) is 0 Å². The van der Waals surface area contributed by atoms with Crippen molar-refractivity contribution in [2.24, 2.45) is 11.8 Å². The molecule has 0 radical (unpaired) electrons. The normalized spacial score (nSPS) is 34.1. The molecule has 1 heterocycles. The van der Waals surface area contributed by atoms with Gasteiger partial charge in [0.1, 0.15) is 0 Å². The van der Waals surface area contributed by atoms with Gasteiger partial charge in [0.15, 0.2) is 0 Å². The summed E-state index contributed by atoms with van der Waals surface area (Å²) in [5, 5.41) is 11.0. The number of hydrogen-bond donors (Lipinski definition) is 1. The number of aliphatic hydroxyl groups excluding tert-OH is 1. The fourth-order valence-corrected chi connectivity index (χ4v) is 4.35. The van der Waals surface area contributed by atoms with E-state index in [0.717, 1.165) is 12.3 Å². The Balaban J connectivity index is 2.04. The first kappa shape index (κ1) is 15.3. The monoisotopic (exact) mass is 267 g/mol. The van der Waals surface area contributed by atoms with Crippen LogP contribution in [0.1, 0.15) is 72.1 Å². The van der Waals surface area contributed by atoms with Gasteiger partial charge in [-0.2, -0.15) is 0 Å². The zero-order valence-electron chi connectivity index (χ0n) is 13.2. The first-order valence-corrected chi connectivity index (χ1v) is 8.55. The smallest absolute Gasteiger partial charge is 0.0749 e. The molecular weight excluding hydrogens is 234 g/mol. The fraction of sp³-hybridized carbons (Fsp3) is 1.00. The summed E-state index contributed by atoms with van der Waals surface area (Å²) in [7, 11) is 0. The Morgan fingerprint density at radius 1 is 1.16 bits per heavy atom. The van der Waals surface area contributed by atoms with Gasteiger partial charge >= 0.3 is 0 Å². The average molecular weight is 267 g/mol. The highest BCUT2D eigenvalue weighted by Crippen LogP contribution is 2.39. The summed E-state index contributed by atoms with van der Waals surface area (Å²) < 4.78 is 0. The zero-order chi connectivity index (χ0) is 13.9. The standard InChI is InChI=1S/C17H33NO/c1-4-14-9-8-10-15(13-14)16(19)17(3,5-2)18-11-6-7-12-18/h14-16,19H,4-13H2,1-3H3. The van der Waals surface area contributed by atoms with Crippen LogP contribution >= 0.6 is 0 Å². The molecular formula is C17H33NO. The molecule has 1 saturated heterocycles. The minimum Gasteiger partial charge on any atom is -0.391 e. The van der Waals surface area contributed by atoms with Gasteiger partial charge in [0.05, 0.1) is 6.10 Å². The summed E-state index contributed by atoms with van der Waals surface area (Å²) in [6.07, 6.45) is 10.0. The summed E-state index contributed by atoms with van der Waals surface area (Å²) in [4.78, 5) is 2.56. The second-order valence-electron chi connectivity index (χ2n) is 7.05. The third-order valence-corrected chi connectivity index (χ3v) is 6.03. The lowest BCUT2D eigenvalue weighted by atomic mass is 9.72. The van der Waals surface area contributed by atoms with Crippen LogP contribution in [0, 0.1) is 11.8 Å².